The summed E-state index contributed by atoms with van der Waals surface area (Å²) in [5, 5.41) is 6.62. The minimum absolute atomic E-state index is 0.177. The van der Waals surface area contributed by atoms with Gasteiger partial charge in [-0.25, -0.2) is 5.14 Å². The maximum absolute atomic E-state index is 12.3. The van der Waals surface area contributed by atoms with E-state index in [2.05, 4.69) is 15.4 Å². The van der Waals surface area contributed by atoms with Crippen LogP contribution in [0.2, 0.25) is 5.02 Å². The Balaban J connectivity index is 1.56. The molecule has 0 aliphatic heterocycles. The lowest BCUT2D eigenvalue weighted by Crippen LogP contribution is -2.56. The van der Waals surface area contributed by atoms with Crippen LogP contribution in [0.5, 0.6) is 0 Å². The number of amides is 1. The number of H-pyrrole nitrogens is 1. The molecule has 1 heterocycles. The number of quaternary nitrogens is 1. The van der Waals surface area contributed by atoms with Gasteiger partial charge in [-0.2, -0.15) is 8.42 Å². The second-order valence-corrected chi connectivity index (χ2v) is 8.19. The molecule has 0 aliphatic rings. The number of benzene rings is 2. The maximum atomic E-state index is 12.3. The first-order valence-electron chi connectivity index (χ1n) is 8.23. The molecule has 1 amide bonds. The van der Waals surface area contributed by atoms with Crippen molar-refractivity contribution in [1.82, 2.24) is 10.3 Å². The first-order chi connectivity index (χ1) is 12.8. The number of hydrogen-bond donors (Lipinski definition) is 3. The quantitative estimate of drug-likeness (QED) is 0.586. The summed E-state index contributed by atoms with van der Waals surface area (Å²) in [5.74, 6) is -0.202. The van der Waals surface area contributed by atoms with E-state index in [-0.39, 0.29) is 10.8 Å². The fourth-order valence-corrected chi connectivity index (χ4v) is 3.28. The van der Waals surface area contributed by atoms with E-state index in [1.54, 1.807) is 30.3 Å². The Morgan fingerprint density at radius 1 is 1.00 bits per heavy atom. The van der Waals surface area contributed by atoms with Gasteiger partial charge in [-0.1, -0.05) is 35.9 Å². The normalized spacial score (nSPS) is 11.3. The van der Waals surface area contributed by atoms with Crippen molar-refractivity contribution in [2.75, 3.05) is 6.54 Å². The first-order valence-corrected chi connectivity index (χ1v) is 10.3. The van der Waals surface area contributed by atoms with E-state index in [1.807, 2.05) is 18.2 Å². The van der Waals surface area contributed by atoms with Crippen molar-refractivity contribution in [3.05, 3.63) is 76.9 Å². The molecule has 3 aromatic rings. The zero-order valence-electron chi connectivity index (χ0n) is 14.4. The van der Waals surface area contributed by atoms with Crippen molar-refractivity contribution < 1.29 is 18.4 Å². The maximum Gasteiger partial charge on any atom is 0.322 e. The van der Waals surface area contributed by atoms with Gasteiger partial charge in [0, 0.05) is 17.3 Å². The zero-order chi connectivity index (χ0) is 19.4. The minimum atomic E-state index is -3.44. The van der Waals surface area contributed by atoms with Gasteiger partial charge < -0.3 is 10.3 Å². The number of hydrogen-bond acceptors (Lipinski definition) is 3. The number of aromatic nitrogens is 1. The molecule has 0 saturated carbocycles. The van der Waals surface area contributed by atoms with Gasteiger partial charge in [0.2, 0.25) is 0 Å². The van der Waals surface area contributed by atoms with Gasteiger partial charge in [0.15, 0.2) is 0 Å². The summed E-state index contributed by atoms with van der Waals surface area (Å²) in [6, 6.07) is 17.4. The molecule has 0 radical (unpaired) electrons. The third-order valence-electron chi connectivity index (χ3n) is 4.07. The van der Waals surface area contributed by atoms with Crippen LogP contribution in [0.15, 0.2) is 65.6 Å². The number of aromatic amines is 1. The average Bonchev–Trinajstić information content (AvgIpc) is 3.12. The van der Waals surface area contributed by atoms with Crippen LogP contribution in [0.25, 0.3) is 11.3 Å². The van der Waals surface area contributed by atoms with Gasteiger partial charge in [-0.3, -0.25) is 4.79 Å². The molecule has 2 aromatic carbocycles. The van der Waals surface area contributed by atoms with Crippen molar-refractivity contribution in [1.29, 1.82) is 0 Å². The van der Waals surface area contributed by atoms with Crippen molar-refractivity contribution in [3.8, 4) is 11.3 Å². The van der Waals surface area contributed by atoms with E-state index in [0.29, 0.717) is 23.7 Å². The number of halogens is 1. The smallest absolute Gasteiger partial charge is 0.322 e. The molecule has 0 aliphatic carbocycles. The second kappa shape index (κ2) is 7.96. The van der Waals surface area contributed by atoms with Crippen LogP contribution >= 0.6 is 11.6 Å². The van der Waals surface area contributed by atoms with Crippen LogP contribution in [0.4, 0.5) is 0 Å². The fourth-order valence-electron chi connectivity index (χ4n) is 2.60. The van der Waals surface area contributed by atoms with Gasteiger partial charge in [0.25, 0.3) is 5.91 Å². The zero-order valence-corrected chi connectivity index (χ0v) is 16.0. The summed E-state index contributed by atoms with van der Waals surface area (Å²) in [7, 11) is -3.44. The molecule has 0 saturated heterocycles. The Morgan fingerprint density at radius 3 is 2.30 bits per heavy atom. The highest BCUT2D eigenvalue weighted by molar-refractivity contribution is 7.84. The third kappa shape index (κ3) is 4.97. The molecule has 140 valence electrons. The van der Waals surface area contributed by atoms with E-state index in [9.17, 15) is 13.2 Å². The molecule has 5 N–H and O–H groups in total. The van der Waals surface area contributed by atoms with Crippen molar-refractivity contribution in [2.24, 2.45) is 0 Å². The lowest BCUT2D eigenvalue weighted by molar-refractivity contribution is -0.164. The first kappa shape index (κ1) is 19.2. The van der Waals surface area contributed by atoms with E-state index < -0.39 is 10.0 Å². The van der Waals surface area contributed by atoms with E-state index in [4.69, 9.17) is 11.6 Å². The molecule has 3 rings (SSSR count). The number of sulfonamides is 1. The Bertz CT molecular complexity index is 1040. The van der Waals surface area contributed by atoms with E-state index >= 15 is 0 Å². The monoisotopic (exact) mass is 404 g/mol. The Morgan fingerprint density at radius 2 is 1.67 bits per heavy atom. The van der Waals surface area contributed by atoms with Gasteiger partial charge in [-0.05, 0) is 53.9 Å². The highest BCUT2D eigenvalue weighted by atomic mass is 35.5. The molecule has 0 fully saturated rings. The molecule has 0 unspecified atom stereocenters. The van der Waals surface area contributed by atoms with Gasteiger partial charge >= 0.3 is 10.0 Å². The summed E-state index contributed by atoms with van der Waals surface area (Å²) in [6.07, 6.45) is 0.591. The molecular weight excluding hydrogens is 386 g/mol. The number of carbonyl (C=O) groups excluding carboxylic acids is 1. The number of rotatable bonds is 6. The molecule has 1 aromatic heterocycles. The largest absolute Gasteiger partial charge is 0.351 e. The summed E-state index contributed by atoms with van der Waals surface area (Å²) >= 11 is 5.89. The SMILES string of the molecule is [NH3+]S(=O)(=O)c1ccc(CCNC(=O)c2ccc(-c3ccc(Cl)cc3)[nH]2)cc1. The van der Waals surface area contributed by atoms with E-state index in [1.165, 1.54) is 12.1 Å². The molecule has 0 atom stereocenters. The van der Waals surface area contributed by atoms with Crippen LogP contribution < -0.4 is 10.5 Å². The van der Waals surface area contributed by atoms with Crippen LogP contribution in [0, 0.1) is 0 Å². The number of nitrogens with one attached hydrogen (secondary N) is 2. The van der Waals surface area contributed by atoms with Crippen LogP contribution in [0.1, 0.15) is 16.1 Å². The molecule has 8 heteroatoms. The van der Waals surface area contributed by atoms with Crippen LogP contribution in [-0.2, 0) is 16.4 Å². The predicted molar refractivity (Wildman–Crippen MR) is 104 cm³/mol. The predicted octanol–water partition coefficient (Wildman–Crippen LogP) is 2.24. The Kier molecular flexibility index (Phi) is 5.65. The minimum Gasteiger partial charge on any atom is -0.351 e. The summed E-state index contributed by atoms with van der Waals surface area (Å²) < 4.78 is 22.7. The highest BCUT2D eigenvalue weighted by Gasteiger charge is 2.11. The van der Waals surface area contributed by atoms with E-state index in [0.717, 1.165) is 16.8 Å². The molecule has 0 spiro atoms. The van der Waals surface area contributed by atoms with Crippen molar-refractivity contribution in [2.45, 2.75) is 11.3 Å². The topological polar surface area (TPSA) is 107 Å². The highest BCUT2D eigenvalue weighted by Crippen LogP contribution is 2.20. The second-order valence-electron chi connectivity index (χ2n) is 6.06. The van der Waals surface area contributed by atoms with Crippen molar-refractivity contribution in [3.63, 3.8) is 0 Å². The van der Waals surface area contributed by atoms with Gasteiger partial charge in [-0.15, -0.1) is 0 Å². The van der Waals surface area contributed by atoms with Gasteiger partial charge in [0.05, 0.1) is 0 Å². The number of carbonyl (C=O) groups is 1. The fraction of sp³-hybridized carbons (Fsp3) is 0.105. The lowest BCUT2D eigenvalue weighted by Gasteiger charge is -2.05. The molecule has 6 nitrogen and oxygen atoms in total. The van der Waals surface area contributed by atoms with Gasteiger partial charge in [0.1, 0.15) is 10.6 Å². The average molecular weight is 405 g/mol. The molecule has 0 bridgehead atoms. The Hall–Kier alpha value is -2.61. The van der Waals surface area contributed by atoms with Crippen LogP contribution in [-0.4, -0.2) is 25.9 Å². The van der Waals surface area contributed by atoms with Crippen molar-refractivity contribution >= 4 is 27.5 Å². The third-order valence-corrected chi connectivity index (χ3v) is 5.31. The standard InChI is InChI=1S/C19H18ClN3O3S/c20-15-5-3-14(4-6-15)17-9-10-18(23-17)19(24)22-12-11-13-1-7-16(8-2-13)27(21,25)26/h1-10,23H,11-12H2,(H,22,24)(H2,21,25,26)/p+1. The molecular formula is C19H19ClN3O3S+. The Labute approximate surface area is 162 Å². The lowest BCUT2D eigenvalue weighted by atomic mass is 10.1. The summed E-state index contributed by atoms with van der Waals surface area (Å²) in [4.78, 5) is 15.5. The molecule has 27 heavy (non-hydrogen) atoms. The summed E-state index contributed by atoms with van der Waals surface area (Å²) in [6.45, 7) is 0.435. The summed E-state index contributed by atoms with van der Waals surface area (Å²) in [5.41, 5.74) is 3.18. The van der Waals surface area contributed by atoms with Crippen LogP contribution in [0.3, 0.4) is 0 Å².